The van der Waals surface area contributed by atoms with Crippen molar-refractivity contribution < 1.29 is 19.7 Å². The van der Waals surface area contributed by atoms with Gasteiger partial charge in [-0.25, -0.2) is 0 Å². The molecule has 7 nitrogen and oxygen atoms in total. The predicted molar refractivity (Wildman–Crippen MR) is 102 cm³/mol. The summed E-state index contributed by atoms with van der Waals surface area (Å²) in [5, 5.41) is 25.2. The van der Waals surface area contributed by atoms with Crippen molar-refractivity contribution in [2.24, 2.45) is 0 Å². The van der Waals surface area contributed by atoms with Crippen molar-refractivity contribution in [1.82, 2.24) is 14.7 Å². The van der Waals surface area contributed by atoms with Crippen LogP contribution in [0.15, 0.2) is 54.6 Å². The summed E-state index contributed by atoms with van der Waals surface area (Å²) in [7, 11) is 1.51. The molecule has 0 saturated carbocycles. The van der Waals surface area contributed by atoms with E-state index in [4.69, 9.17) is 4.74 Å². The monoisotopic (exact) mass is 379 g/mol. The number of aliphatic hydroxyl groups is 1. The molecule has 0 fully saturated rings. The van der Waals surface area contributed by atoms with Gasteiger partial charge in [0, 0.05) is 6.54 Å². The van der Waals surface area contributed by atoms with Gasteiger partial charge in [-0.1, -0.05) is 30.3 Å². The van der Waals surface area contributed by atoms with Crippen LogP contribution >= 0.6 is 0 Å². The second-order valence-corrected chi connectivity index (χ2v) is 6.71. The molecule has 7 heteroatoms. The number of amides is 1. The number of aromatic nitrogens is 2. The molecule has 3 aromatic rings. The first-order valence-electron chi connectivity index (χ1n) is 9.02. The van der Waals surface area contributed by atoms with Crippen molar-refractivity contribution in [3.8, 4) is 11.5 Å². The van der Waals surface area contributed by atoms with E-state index < -0.39 is 6.10 Å². The average Bonchev–Trinajstić information content (AvgIpc) is 3.17. The third-order valence-corrected chi connectivity index (χ3v) is 4.93. The number of rotatable bonds is 4. The van der Waals surface area contributed by atoms with Crippen LogP contribution in [0.5, 0.6) is 11.5 Å². The first kappa shape index (κ1) is 18.1. The van der Waals surface area contributed by atoms with Crippen molar-refractivity contribution >= 4 is 5.91 Å². The van der Waals surface area contributed by atoms with Gasteiger partial charge in [0.2, 0.25) is 0 Å². The third-order valence-electron chi connectivity index (χ3n) is 4.93. The summed E-state index contributed by atoms with van der Waals surface area (Å²) < 4.78 is 6.97. The Morgan fingerprint density at radius 2 is 1.93 bits per heavy atom. The molecular formula is C21H21N3O4. The fourth-order valence-electron chi connectivity index (χ4n) is 3.39. The average molecular weight is 379 g/mol. The molecule has 2 N–H and O–H groups in total. The van der Waals surface area contributed by atoms with Crippen molar-refractivity contribution in [2.45, 2.75) is 19.2 Å². The number of nitrogens with zero attached hydrogens (tertiary/aromatic N) is 3. The Kier molecular flexibility index (Phi) is 4.75. The highest BCUT2D eigenvalue weighted by Gasteiger charge is 2.26. The molecule has 0 radical (unpaired) electrons. The zero-order valence-electron chi connectivity index (χ0n) is 15.4. The molecule has 2 aromatic carbocycles. The lowest BCUT2D eigenvalue weighted by atomic mass is 10.1. The highest BCUT2D eigenvalue weighted by molar-refractivity contribution is 5.97. The number of phenolic OH excluding ortho intramolecular Hbond substituents is 1. The molecule has 4 rings (SSSR count). The number of carbonyl (C=O) groups is 1. The lowest BCUT2D eigenvalue weighted by Crippen LogP contribution is -2.38. The third kappa shape index (κ3) is 3.32. The number of benzene rings is 2. The second-order valence-electron chi connectivity index (χ2n) is 6.71. The largest absolute Gasteiger partial charge is 0.507 e. The number of aromatic hydroxyl groups is 1. The van der Waals surface area contributed by atoms with Gasteiger partial charge in [-0.3, -0.25) is 9.48 Å². The quantitative estimate of drug-likeness (QED) is 0.726. The maximum atomic E-state index is 12.9. The van der Waals surface area contributed by atoms with E-state index in [9.17, 15) is 15.0 Å². The predicted octanol–water partition coefficient (Wildman–Crippen LogP) is 2.33. The van der Waals surface area contributed by atoms with Crippen molar-refractivity contribution in [1.29, 1.82) is 0 Å². The van der Waals surface area contributed by atoms with E-state index in [1.165, 1.54) is 19.2 Å². The fourth-order valence-corrected chi connectivity index (χ4v) is 3.39. The van der Waals surface area contributed by atoms with Gasteiger partial charge in [-0.05, 0) is 29.8 Å². The van der Waals surface area contributed by atoms with Crippen LogP contribution in [-0.2, 0) is 13.1 Å². The summed E-state index contributed by atoms with van der Waals surface area (Å²) in [4.78, 5) is 14.5. The van der Waals surface area contributed by atoms with E-state index in [1.54, 1.807) is 11.0 Å². The normalized spacial score (nSPS) is 14.4. The van der Waals surface area contributed by atoms with E-state index in [2.05, 4.69) is 5.10 Å². The van der Waals surface area contributed by atoms with E-state index in [0.29, 0.717) is 31.1 Å². The van der Waals surface area contributed by atoms with Gasteiger partial charge < -0.3 is 19.8 Å². The first-order chi connectivity index (χ1) is 13.6. The molecule has 28 heavy (non-hydrogen) atoms. The summed E-state index contributed by atoms with van der Waals surface area (Å²) in [6.45, 7) is 1.34. The minimum Gasteiger partial charge on any atom is -0.507 e. The molecule has 1 unspecified atom stereocenters. The molecule has 1 aromatic heterocycles. The Labute approximate surface area is 162 Å². The zero-order chi connectivity index (χ0) is 19.7. The van der Waals surface area contributed by atoms with Gasteiger partial charge in [0.15, 0.2) is 0 Å². The van der Waals surface area contributed by atoms with Crippen LogP contribution in [0.3, 0.4) is 0 Å². The van der Waals surface area contributed by atoms with Crippen molar-refractivity contribution in [3.05, 3.63) is 77.1 Å². The Hall–Kier alpha value is -3.32. The minimum atomic E-state index is -0.814. The number of aliphatic hydroxyl groups excluding tert-OH is 1. The van der Waals surface area contributed by atoms with Crippen LogP contribution in [0.2, 0.25) is 0 Å². The van der Waals surface area contributed by atoms with Gasteiger partial charge in [0.25, 0.3) is 5.91 Å². The molecule has 144 valence electrons. The molecule has 0 saturated heterocycles. The summed E-state index contributed by atoms with van der Waals surface area (Å²) in [5.41, 5.74) is 2.37. The molecule has 2 heterocycles. The summed E-state index contributed by atoms with van der Waals surface area (Å²) >= 11 is 0. The summed E-state index contributed by atoms with van der Waals surface area (Å²) in [5.74, 6) is 0.163. The molecule has 1 atom stereocenters. The molecule has 0 aliphatic carbocycles. The minimum absolute atomic E-state index is 0.0786. The van der Waals surface area contributed by atoms with E-state index in [0.717, 1.165) is 11.3 Å². The van der Waals surface area contributed by atoms with E-state index in [1.807, 2.05) is 41.1 Å². The zero-order valence-corrected chi connectivity index (χ0v) is 15.4. The Morgan fingerprint density at radius 1 is 1.14 bits per heavy atom. The lowest BCUT2D eigenvalue weighted by molar-refractivity contribution is 0.0702. The van der Waals surface area contributed by atoms with Crippen molar-refractivity contribution in [3.63, 3.8) is 0 Å². The van der Waals surface area contributed by atoms with Gasteiger partial charge in [0.05, 0.1) is 37.2 Å². The number of methoxy groups -OCH3 is 1. The summed E-state index contributed by atoms with van der Waals surface area (Å²) in [6.07, 6.45) is -0.814. The van der Waals surface area contributed by atoms with Crippen LogP contribution in [0.4, 0.5) is 0 Å². The van der Waals surface area contributed by atoms with Crippen LogP contribution in [0.1, 0.15) is 33.4 Å². The molecule has 1 aliphatic rings. The number of phenols is 1. The number of hydrogen-bond acceptors (Lipinski definition) is 5. The number of ether oxygens (including phenoxy) is 1. The smallest absolute Gasteiger partial charge is 0.258 e. The van der Waals surface area contributed by atoms with Crippen LogP contribution in [0, 0.1) is 0 Å². The fraction of sp³-hybridized carbons (Fsp3) is 0.238. The van der Waals surface area contributed by atoms with Crippen LogP contribution in [-0.4, -0.2) is 44.5 Å². The Bertz CT molecular complexity index is 1000. The number of fused-ring (bicyclic) bond motifs is 1. The van der Waals surface area contributed by atoms with Gasteiger partial charge in [-0.2, -0.15) is 5.10 Å². The maximum absolute atomic E-state index is 12.9. The Balaban J connectivity index is 1.55. The number of hydrogen-bond donors (Lipinski definition) is 2. The van der Waals surface area contributed by atoms with Gasteiger partial charge >= 0.3 is 0 Å². The highest BCUT2D eigenvalue weighted by atomic mass is 16.5. The van der Waals surface area contributed by atoms with Crippen molar-refractivity contribution in [2.75, 3.05) is 13.7 Å². The molecule has 0 spiro atoms. The molecular weight excluding hydrogens is 358 g/mol. The van der Waals surface area contributed by atoms with E-state index >= 15 is 0 Å². The summed E-state index contributed by atoms with van der Waals surface area (Å²) in [6, 6.07) is 15.8. The second kappa shape index (κ2) is 7.36. The van der Waals surface area contributed by atoms with E-state index in [-0.39, 0.29) is 17.2 Å². The maximum Gasteiger partial charge on any atom is 0.258 e. The van der Waals surface area contributed by atoms with Crippen LogP contribution < -0.4 is 4.74 Å². The lowest BCUT2D eigenvalue weighted by Gasteiger charge is -2.28. The van der Waals surface area contributed by atoms with Gasteiger partial charge in [0.1, 0.15) is 17.6 Å². The first-order valence-corrected chi connectivity index (χ1v) is 9.02. The Morgan fingerprint density at radius 3 is 2.68 bits per heavy atom. The standard InChI is InChI=1S/C21H21N3O4/c1-28-16-7-8-19(25)17(12-16)21(27)23-9-10-24-15(13-23)11-18(22-24)20(26)14-5-3-2-4-6-14/h2-8,11-12,20,25-26H,9-10,13H2,1H3. The molecule has 1 aliphatic heterocycles. The van der Waals surface area contributed by atoms with Crippen LogP contribution in [0.25, 0.3) is 0 Å². The SMILES string of the molecule is COc1ccc(O)c(C(=O)N2CCn3nc(C(O)c4ccccc4)cc3C2)c1. The molecule has 0 bridgehead atoms. The number of carbonyl (C=O) groups excluding carboxylic acids is 1. The highest BCUT2D eigenvalue weighted by Crippen LogP contribution is 2.27. The molecule has 1 amide bonds. The van der Waals surface area contributed by atoms with Gasteiger partial charge in [-0.15, -0.1) is 0 Å². The topological polar surface area (TPSA) is 87.8 Å².